The highest BCUT2D eigenvalue weighted by molar-refractivity contribution is 8.00. The standard InChI is InChI=1S/C18H18N4O4S2/c1-12-11-16(21-26-12)22-28(24,25)15-8-6-14(7-9-15)20-18(23)13(2)27-17-5-3-4-10-19-17/h3-11,13H,1-2H3,(H,20,23)(H,21,22). The number of hydrogen-bond donors (Lipinski definition) is 2. The number of aromatic nitrogens is 2. The van der Waals surface area contributed by atoms with Gasteiger partial charge in [-0.2, -0.15) is 0 Å². The number of nitrogens with one attached hydrogen (secondary N) is 2. The van der Waals surface area contributed by atoms with E-state index in [1.807, 2.05) is 18.2 Å². The Morgan fingerprint density at radius 1 is 1.18 bits per heavy atom. The Bertz CT molecular complexity index is 1050. The lowest BCUT2D eigenvalue weighted by Crippen LogP contribution is -2.22. The molecule has 1 amide bonds. The topological polar surface area (TPSA) is 114 Å². The minimum atomic E-state index is -3.80. The molecular formula is C18H18N4O4S2. The van der Waals surface area contributed by atoms with Crippen LogP contribution in [-0.2, 0) is 14.8 Å². The predicted octanol–water partition coefficient (Wildman–Crippen LogP) is 3.30. The Kier molecular flexibility index (Phi) is 6.00. The van der Waals surface area contributed by atoms with Crippen LogP contribution >= 0.6 is 11.8 Å². The van der Waals surface area contributed by atoms with Gasteiger partial charge in [0.15, 0.2) is 5.82 Å². The Morgan fingerprint density at radius 3 is 2.54 bits per heavy atom. The van der Waals surface area contributed by atoms with Gasteiger partial charge in [0.1, 0.15) is 5.76 Å². The van der Waals surface area contributed by atoms with Crippen LogP contribution in [0.25, 0.3) is 0 Å². The van der Waals surface area contributed by atoms with Crippen molar-refractivity contribution >= 4 is 39.2 Å². The number of carbonyl (C=O) groups excluding carboxylic acids is 1. The molecule has 3 aromatic rings. The number of hydrogen-bond acceptors (Lipinski definition) is 7. The molecule has 0 saturated carbocycles. The van der Waals surface area contributed by atoms with Crippen molar-refractivity contribution in [3.63, 3.8) is 0 Å². The van der Waals surface area contributed by atoms with Crippen molar-refractivity contribution in [3.8, 4) is 0 Å². The van der Waals surface area contributed by atoms with Crippen LogP contribution in [0.2, 0.25) is 0 Å². The molecule has 1 unspecified atom stereocenters. The molecule has 3 rings (SSSR count). The molecule has 0 fully saturated rings. The lowest BCUT2D eigenvalue weighted by Gasteiger charge is -2.12. The second-order valence-electron chi connectivity index (χ2n) is 5.87. The summed E-state index contributed by atoms with van der Waals surface area (Å²) in [6, 6.07) is 12.8. The van der Waals surface area contributed by atoms with E-state index in [9.17, 15) is 13.2 Å². The van der Waals surface area contributed by atoms with E-state index < -0.39 is 10.0 Å². The predicted molar refractivity (Wildman–Crippen MR) is 107 cm³/mol. The minimum absolute atomic E-state index is 0.0436. The van der Waals surface area contributed by atoms with E-state index in [1.165, 1.54) is 42.1 Å². The van der Waals surface area contributed by atoms with Crippen LogP contribution in [0.4, 0.5) is 11.5 Å². The SMILES string of the molecule is Cc1cc(NS(=O)(=O)c2ccc(NC(=O)C(C)Sc3ccccn3)cc2)no1. The summed E-state index contributed by atoms with van der Waals surface area (Å²) >= 11 is 1.34. The summed E-state index contributed by atoms with van der Waals surface area (Å²) in [7, 11) is -3.80. The van der Waals surface area contributed by atoms with Gasteiger partial charge >= 0.3 is 0 Å². The number of thioether (sulfide) groups is 1. The maximum atomic E-state index is 12.4. The van der Waals surface area contributed by atoms with Gasteiger partial charge in [0.25, 0.3) is 10.0 Å². The Morgan fingerprint density at radius 2 is 1.93 bits per heavy atom. The molecule has 2 aromatic heterocycles. The molecule has 2 N–H and O–H groups in total. The van der Waals surface area contributed by atoms with E-state index in [0.717, 1.165) is 5.03 Å². The number of rotatable bonds is 7. The monoisotopic (exact) mass is 418 g/mol. The average molecular weight is 419 g/mol. The third-order valence-corrected chi connectivity index (χ3v) is 6.02. The quantitative estimate of drug-likeness (QED) is 0.566. The first-order chi connectivity index (χ1) is 13.3. The van der Waals surface area contributed by atoms with Crippen molar-refractivity contribution in [1.82, 2.24) is 10.1 Å². The van der Waals surface area contributed by atoms with Crippen molar-refractivity contribution in [2.45, 2.75) is 29.0 Å². The lowest BCUT2D eigenvalue weighted by atomic mass is 10.3. The molecule has 2 heterocycles. The van der Waals surface area contributed by atoms with E-state index in [1.54, 1.807) is 20.0 Å². The summed E-state index contributed by atoms with van der Waals surface area (Å²) < 4.78 is 31.9. The van der Waals surface area contributed by atoms with E-state index in [-0.39, 0.29) is 21.9 Å². The van der Waals surface area contributed by atoms with Gasteiger partial charge in [-0.05, 0) is 50.2 Å². The van der Waals surface area contributed by atoms with Crippen LogP contribution in [-0.4, -0.2) is 29.7 Å². The zero-order chi connectivity index (χ0) is 20.1. The van der Waals surface area contributed by atoms with Crippen molar-refractivity contribution in [2.75, 3.05) is 10.0 Å². The van der Waals surface area contributed by atoms with Gasteiger partial charge in [-0.1, -0.05) is 23.0 Å². The maximum Gasteiger partial charge on any atom is 0.263 e. The van der Waals surface area contributed by atoms with Gasteiger partial charge in [0, 0.05) is 18.0 Å². The molecule has 8 nitrogen and oxygen atoms in total. The number of pyridine rings is 1. The average Bonchev–Trinajstić information content (AvgIpc) is 3.07. The maximum absolute atomic E-state index is 12.4. The van der Waals surface area contributed by atoms with Crippen LogP contribution in [0.1, 0.15) is 12.7 Å². The van der Waals surface area contributed by atoms with Gasteiger partial charge in [-0.15, -0.1) is 0 Å². The highest BCUT2D eigenvalue weighted by atomic mass is 32.2. The number of carbonyl (C=O) groups is 1. The largest absolute Gasteiger partial charge is 0.360 e. The van der Waals surface area contributed by atoms with E-state index >= 15 is 0 Å². The van der Waals surface area contributed by atoms with Gasteiger partial charge < -0.3 is 9.84 Å². The molecule has 0 bridgehead atoms. The van der Waals surface area contributed by atoms with Gasteiger partial charge in [-0.3, -0.25) is 9.52 Å². The number of sulfonamides is 1. The van der Waals surface area contributed by atoms with Crippen molar-refractivity contribution in [3.05, 3.63) is 60.5 Å². The fraction of sp³-hybridized carbons (Fsp3) is 0.167. The van der Waals surface area contributed by atoms with Crippen LogP contribution in [0.3, 0.4) is 0 Å². The second-order valence-corrected chi connectivity index (χ2v) is 8.91. The molecule has 28 heavy (non-hydrogen) atoms. The molecule has 1 atom stereocenters. The smallest absolute Gasteiger partial charge is 0.263 e. The molecule has 0 aliphatic rings. The van der Waals surface area contributed by atoms with Crippen molar-refractivity contribution in [2.24, 2.45) is 0 Å². The number of benzene rings is 1. The molecule has 0 aliphatic carbocycles. The summed E-state index contributed by atoms with van der Waals surface area (Å²) in [4.78, 5) is 16.6. The zero-order valence-corrected chi connectivity index (χ0v) is 16.8. The molecule has 0 radical (unpaired) electrons. The fourth-order valence-electron chi connectivity index (χ4n) is 2.22. The fourth-order valence-corrected chi connectivity index (χ4v) is 4.01. The summed E-state index contributed by atoms with van der Waals surface area (Å²) in [5.74, 6) is 0.395. The molecule has 0 aliphatic heterocycles. The van der Waals surface area contributed by atoms with Gasteiger partial charge in [0.2, 0.25) is 5.91 Å². The minimum Gasteiger partial charge on any atom is -0.360 e. The number of anilines is 2. The summed E-state index contributed by atoms with van der Waals surface area (Å²) in [5.41, 5.74) is 0.495. The highest BCUT2D eigenvalue weighted by Crippen LogP contribution is 2.23. The Hall–Kier alpha value is -2.85. The molecule has 10 heteroatoms. The normalized spacial score (nSPS) is 12.4. The summed E-state index contributed by atoms with van der Waals surface area (Å²) in [6.45, 7) is 3.44. The summed E-state index contributed by atoms with van der Waals surface area (Å²) in [6.07, 6.45) is 1.67. The third-order valence-electron chi connectivity index (χ3n) is 3.60. The van der Waals surface area contributed by atoms with E-state index in [2.05, 4.69) is 20.2 Å². The molecule has 146 valence electrons. The molecular weight excluding hydrogens is 400 g/mol. The second kappa shape index (κ2) is 8.44. The van der Waals surface area contributed by atoms with Crippen LogP contribution in [0.5, 0.6) is 0 Å². The first kappa shape index (κ1) is 19.9. The number of amides is 1. The number of nitrogens with zero attached hydrogens (tertiary/aromatic N) is 2. The first-order valence-electron chi connectivity index (χ1n) is 8.28. The van der Waals surface area contributed by atoms with Crippen LogP contribution in [0.15, 0.2) is 69.2 Å². The Labute approximate surface area is 166 Å². The van der Waals surface area contributed by atoms with Crippen LogP contribution < -0.4 is 10.0 Å². The lowest BCUT2D eigenvalue weighted by molar-refractivity contribution is -0.115. The molecule has 1 aromatic carbocycles. The van der Waals surface area contributed by atoms with E-state index in [0.29, 0.717) is 11.4 Å². The highest BCUT2D eigenvalue weighted by Gasteiger charge is 2.18. The van der Waals surface area contributed by atoms with E-state index in [4.69, 9.17) is 4.52 Å². The molecule has 0 saturated heterocycles. The van der Waals surface area contributed by atoms with Gasteiger partial charge in [-0.25, -0.2) is 13.4 Å². The first-order valence-corrected chi connectivity index (χ1v) is 10.6. The summed E-state index contributed by atoms with van der Waals surface area (Å²) in [5, 5.41) is 6.76. The third kappa shape index (κ3) is 5.11. The van der Waals surface area contributed by atoms with Crippen molar-refractivity contribution in [1.29, 1.82) is 0 Å². The molecule has 0 spiro atoms. The zero-order valence-electron chi connectivity index (χ0n) is 15.1. The number of aryl methyl sites for hydroxylation is 1. The van der Waals surface area contributed by atoms with Gasteiger partial charge in [0.05, 0.1) is 15.2 Å². The van der Waals surface area contributed by atoms with Crippen LogP contribution in [0, 0.1) is 6.92 Å². The van der Waals surface area contributed by atoms with Crippen molar-refractivity contribution < 1.29 is 17.7 Å². The Balaban J connectivity index is 1.62.